The Hall–Kier alpha value is -5.36. The van der Waals surface area contributed by atoms with Gasteiger partial charge in [-0.3, -0.25) is 14.5 Å². The van der Waals surface area contributed by atoms with E-state index < -0.39 is 11.2 Å². The van der Waals surface area contributed by atoms with E-state index in [1.54, 1.807) is 13.8 Å². The van der Waals surface area contributed by atoms with E-state index >= 15 is 0 Å². The lowest BCUT2D eigenvalue weighted by Crippen LogP contribution is -2.30. The van der Waals surface area contributed by atoms with E-state index in [1.165, 1.54) is 32.5 Å². The number of allylic oxidation sites excluding steroid dienone is 1. The van der Waals surface area contributed by atoms with E-state index in [2.05, 4.69) is 9.69 Å². The first-order valence-electron chi connectivity index (χ1n) is 15.8. The molecule has 0 radical (unpaired) electrons. The van der Waals surface area contributed by atoms with Gasteiger partial charge in [0, 0.05) is 45.1 Å². The SMILES string of the molecule is [C-]#[N+]C([N+]#[C-])=C1SC(=Nc2cc3c(s2)-c2cc4c(cc2OC3(C)C)-c2sc(N=C3SC(=C(C#N)C#N)N(CC)C3=O)cc2C(C)(C)O4)C(=O)N1CC. The number of nitrogens with zero attached hydrogens (tertiary/aromatic N) is 8. The summed E-state index contributed by atoms with van der Waals surface area (Å²) in [6.07, 6.45) is 0. The Morgan fingerprint density at radius 2 is 1.19 bits per heavy atom. The highest BCUT2D eigenvalue weighted by molar-refractivity contribution is 8.20. The summed E-state index contributed by atoms with van der Waals surface area (Å²) >= 11 is 4.90. The molecule has 6 heterocycles. The van der Waals surface area contributed by atoms with Gasteiger partial charge >= 0.3 is 5.82 Å². The van der Waals surface area contributed by atoms with E-state index in [-0.39, 0.29) is 38.3 Å². The Balaban J connectivity index is 1.29. The molecule has 2 aromatic heterocycles. The van der Waals surface area contributed by atoms with Crippen LogP contribution in [0, 0.1) is 35.8 Å². The van der Waals surface area contributed by atoms with Gasteiger partial charge in [-0.1, -0.05) is 11.8 Å². The number of carbonyl (C=O) groups excluding carboxylic acids is 2. The van der Waals surface area contributed by atoms with Crippen molar-refractivity contribution in [1.29, 1.82) is 10.5 Å². The number of hydrogen-bond acceptors (Lipinski definition) is 12. The van der Waals surface area contributed by atoms with Crippen molar-refractivity contribution in [3.8, 4) is 44.5 Å². The fourth-order valence-corrected chi connectivity index (χ4v) is 10.8. The van der Waals surface area contributed by atoms with Crippen molar-refractivity contribution in [2.75, 3.05) is 13.1 Å². The summed E-state index contributed by atoms with van der Waals surface area (Å²) in [5, 5.41) is 21.0. The van der Waals surface area contributed by atoms with Crippen molar-refractivity contribution >= 4 is 78.1 Å². The number of fused-ring (bicyclic) bond motifs is 6. The normalized spacial score (nSPS) is 19.1. The summed E-state index contributed by atoms with van der Waals surface area (Å²) in [7, 11) is 0. The predicted octanol–water partition coefficient (Wildman–Crippen LogP) is 8.87. The monoisotopic (exact) mass is 762 g/mol. The van der Waals surface area contributed by atoms with Gasteiger partial charge in [-0.15, -0.1) is 22.7 Å². The molecule has 0 aliphatic carbocycles. The smallest absolute Gasteiger partial charge is 0.482 e. The number of carbonyl (C=O) groups is 2. The molecule has 0 saturated carbocycles. The Labute approximate surface area is 316 Å². The van der Waals surface area contributed by atoms with Crippen LogP contribution in [0.1, 0.15) is 52.7 Å². The molecule has 2 amide bonds. The highest BCUT2D eigenvalue weighted by Crippen LogP contribution is 2.58. The number of rotatable bonds is 4. The number of benzene rings is 1. The topological polar surface area (TPSA) is 140 Å². The lowest BCUT2D eigenvalue weighted by atomic mass is 9.88. The van der Waals surface area contributed by atoms with Crippen LogP contribution in [0.4, 0.5) is 10.0 Å². The van der Waals surface area contributed by atoms with Crippen LogP contribution in [0.2, 0.25) is 0 Å². The van der Waals surface area contributed by atoms with Crippen LogP contribution in [-0.4, -0.2) is 44.8 Å². The van der Waals surface area contributed by atoms with Crippen LogP contribution in [0.25, 0.3) is 30.6 Å². The second-order valence-corrected chi connectivity index (χ2v) is 16.6. The summed E-state index contributed by atoms with van der Waals surface area (Å²) < 4.78 is 13.2. The molecular weight excluding hydrogens is 737 g/mol. The molecule has 16 heteroatoms. The minimum absolute atomic E-state index is 0.132. The molecule has 0 unspecified atom stereocenters. The minimum Gasteiger partial charge on any atom is -0.482 e. The molecular formula is C36H26N8O4S4. The minimum atomic E-state index is -0.746. The second kappa shape index (κ2) is 12.7. The molecule has 2 fully saturated rings. The zero-order valence-electron chi connectivity index (χ0n) is 28.6. The van der Waals surface area contributed by atoms with Gasteiger partial charge in [-0.2, -0.15) is 20.2 Å². The lowest BCUT2D eigenvalue weighted by Gasteiger charge is -2.36. The standard InChI is InChI=1S/C36H26N8O4S4/c1-9-43-31(45)29(51-33(43)17(15-37)16-38)41-24-13-20-26(49-24)18-11-23-19(12-22(18)47-35(20,3)4)27-21(36(5,6)48-23)14-25(50-27)42-30-32(46)44(10-2)34(52-30)28(39-7)40-8/h11-14H,9-10H2,1-6H3. The molecule has 0 atom stereocenters. The van der Waals surface area contributed by atoms with Crippen LogP contribution in [0.5, 0.6) is 11.5 Å². The maximum atomic E-state index is 13.2. The van der Waals surface area contributed by atoms with Crippen LogP contribution < -0.4 is 9.47 Å². The quantitative estimate of drug-likeness (QED) is 0.190. The number of nitriles is 2. The van der Waals surface area contributed by atoms with Crippen molar-refractivity contribution in [3.63, 3.8) is 0 Å². The van der Waals surface area contributed by atoms with Crippen LogP contribution >= 0.6 is 46.2 Å². The van der Waals surface area contributed by atoms with Crippen LogP contribution in [0.15, 0.2) is 55.7 Å². The maximum absolute atomic E-state index is 13.2. The number of ether oxygens (including phenoxy) is 2. The van der Waals surface area contributed by atoms with E-state index in [9.17, 15) is 20.1 Å². The molecule has 4 aliphatic heterocycles. The van der Waals surface area contributed by atoms with E-state index in [0.717, 1.165) is 55.5 Å². The predicted molar refractivity (Wildman–Crippen MR) is 203 cm³/mol. The summed E-state index contributed by atoms with van der Waals surface area (Å²) in [6.45, 7) is 26.8. The third kappa shape index (κ3) is 5.47. The van der Waals surface area contributed by atoms with Gasteiger partial charge in [0.15, 0.2) is 20.7 Å². The second-order valence-electron chi connectivity index (χ2n) is 12.6. The zero-order chi connectivity index (χ0) is 37.3. The molecule has 258 valence electrons. The number of thioether (sulfide) groups is 2. The van der Waals surface area contributed by atoms with Gasteiger partial charge in [-0.25, -0.2) is 9.98 Å². The third-order valence-electron chi connectivity index (χ3n) is 8.67. The summed E-state index contributed by atoms with van der Waals surface area (Å²) in [6, 6.07) is 11.5. The molecule has 12 nitrogen and oxygen atoms in total. The average molecular weight is 763 g/mol. The fourth-order valence-electron chi connectivity index (χ4n) is 6.21. The molecule has 2 saturated heterocycles. The van der Waals surface area contributed by atoms with E-state index in [1.807, 2.05) is 64.1 Å². The molecule has 0 spiro atoms. The molecule has 0 N–H and O–H groups in total. The van der Waals surface area contributed by atoms with Gasteiger partial charge < -0.3 is 14.4 Å². The van der Waals surface area contributed by atoms with E-state index in [0.29, 0.717) is 39.6 Å². The van der Waals surface area contributed by atoms with Crippen molar-refractivity contribution in [2.45, 2.75) is 52.7 Å². The van der Waals surface area contributed by atoms with Gasteiger partial charge in [0.25, 0.3) is 11.8 Å². The first-order chi connectivity index (χ1) is 24.8. The van der Waals surface area contributed by atoms with Gasteiger partial charge in [0.1, 0.15) is 63.0 Å². The Bertz CT molecular complexity index is 2250. The molecule has 52 heavy (non-hydrogen) atoms. The third-order valence-corrected chi connectivity index (χ3v) is 12.9. The first-order valence-corrected chi connectivity index (χ1v) is 19.1. The van der Waals surface area contributed by atoms with Crippen LogP contribution in [-0.2, 0) is 20.8 Å². The van der Waals surface area contributed by atoms with Crippen molar-refractivity contribution in [2.24, 2.45) is 9.98 Å². The van der Waals surface area contributed by atoms with E-state index in [4.69, 9.17) is 32.6 Å². The Morgan fingerprint density at radius 1 is 0.769 bits per heavy atom. The van der Waals surface area contributed by atoms with Gasteiger partial charge in [-0.05, 0) is 77.6 Å². The van der Waals surface area contributed by atoms with Crippen molar-refractivity contribution in [1.82, 2.24) is 9.80 Å². The Kier molecular flexibility index (Phi) is 8.56. The Morgan fingerprint density at radius 3 is 1.60 bits per heavy atom. The molecule has 1 aromatic carbocycles. The van der Waals surface area contributed by atoms with Crippen molar-refractivity contribution < 1.29 is 19.1 Å². The lowest BCUT2D eigenvalue weighted by molar-refractivity contribution is -0.121. The first kappa shape index (κ1) is 35.1. The summed E-state index contributed by atoms with van der Waals surface area (Å²) in [5.74, 6) is 0.428. The fraction of sp³-hybridized carbons (Fsp3) is 0.278. The van der Waals surface area contributed by atoms with Crippen LogP contribution in [0.3, 0.4) is 0 Å². The number of aliphatic imine (C=N–C) groups is 2. The van der Waals surface area contributed by atoms with Gasteiger partial charge in [0.05, 0.1) is 0 Å². The molecule has 4 aliphatic rings. The zero-order valence-corrected chi connectivity index (χ0v) is 31.8. The number of hydrogen-bond donors (Lipinski definition) is 0. The molecule has 0 bridgehead atoms. The summed E-state index contributed by atoms with van der Waals surface area (Å²) in [5.41, 5.74) is 1.82. The number of thiophene rings is 2. The highest BCUT2D eigenvalue weighted by Gasteiger charge is 2.42. The largest absolute Gasteiger partial charge is 0.550 e. The summed E-state index contributed by atoms with van der Waals surface area (Å²) in [4.78, 5) is 47.1. The molecule has 7 rings (SSSR count). The average Bonchev–Trinajstić information content (AvgIpc) is 3.87. The number of amides is 2. The molecule has 3 aromatic rings. The van der Waals surface area contributed by atoms with Gasteiger partial charge in [0.2, 0.25) is 0 Å². The maximum Gasteiger partial charge on any atom is 0.550 e. The van der Waals surface area contributed by atoms with Crippen molar-refractivity contribution in [3.05, 3.63) is 79.7 Å². The highest BCUT2D eigenvalue weighted by atomic mass is 32.2.